The van der Waals surface area contributed by atoms with Gasteiger partial charge in [0.1, 0.15) is 11.3 Å². The molecule has 0 unspecified atom stereocenters. The second-order valence-corrected chi connectivity index (χ2v) is 6.09. The highest BCUT2D eigenvalue weighted by atomic mass is 32.1. The number of anilines is 1. The lowest BCUT2D eigenvalue weighted by Gasteiger charge is -2.18. The Kier molecular flexibility index (Phi) is 3.76. The van der Waals surface area contributed by atoms with Crippen LogP contribution >= 0.6 is 11.5 Å². The van der Waals surface area contributed by atoms with Crippen molar-refractivity contribution in [3.05, 3.63) is 12.0 Å². The Balaban J connectivity index is 2.12. The van der Waals surface area contributed by atoms with Crippen molar-refractivity contribution in [2.75, 3.05) is 5.32 Å². The minimum atomic E-state index is -0.545. The van der Waals surface area contributed by atoms with E-state index in [0.717, 1.165) is 22.9 Å². The summed E-state index contributed by atoms with van der Waals surface area (Å²) < 4.78 is 11.2. The summed E-state index contributed by atoms with van der Waals surface area (Å²) in [4.78, 5) is 20.1. The van der Waals surface area contributed by atoms with E-state index in [0.29, 0.717) is 11.0 Å². The highest BCUT2D eigenvalue weighted by molar-refractivity contribution is 7.10. The molecule has 0 aliphatic rings. The first-order valence-corrected chi connectivity index (χ1v) is 6.85. The van der Waals surface area contributed by atoms with Crippen molar-refractivity contribution in [3.63, 3.8) is 0 Å². The number of rotatable bonds is 2. The van der Waals surface area contributed by atoms with Gasteiger partial charge in [-0.3, -0.25) is 5.32 Å². The molecule has 1 N–H and O–H groups in total. The van der Waals surface area contributed by atoms with Crippen molar-refractivity contribution in [1.29, 1.82) is 0 Å². The smallest absolute Gasteiger partial charge is 0.414 e. The monoisotopic (exact) mass is 295 g/mol. The number of nitrogens with one attached hydrogen (secondary N) is 1. The molecule has 8 heteroatoms. The molecular formula is C12H17N5O2S. The third-order valence-corrected chi connectivity index (χ3v) is 3.00. The van der Waals surface area contributed by atoms with Crippen LogP contribution in [0.15, 0.2) is 6.33 Å². The molecule has 0 spiro atoms. The number of imidazole rings is 1. The first-order valence-electron chi connectivity index (χ1n) is 6.08. The molecule has 2 rings (SSSR count). The van der Waals surface area contributed by atoms with Gasteiger partial charge in [-0.15, -0.1) is 0 Å². The van der Waals surface area contributed by atoms with Gasteiger partial charge in [-0.2, -0.15) is 9.36 Å². The Bertz CT molecular complexity index is 607. The Labute approximate surface area is 121 Å². The van der Waals surface area contributed by atoms with E-state index in [1.165, 1.54) is 0 Å². The van der Waals surface area contributed by atoms with Gasteiger partial charge < -0.3 is 9.30 Å². The number of amides is 1. The SMILES string of the molecule is Cc1ncn(C)c1-c1nsc(NC(=O)OC(C)(C)C)n1. The average molecular weight is 295 g/mol. The molecule has 1 amide bonds. The summed E-state index contributed by atoms with van der Waals surface area (Å²) in [7, 11) is 1.87. The number of ether oxygens (including phenoxy) is 1. The van der Waals surface area contributed by atoms with Gasteiger partial charge in [-0.25, -0.2) is 9.78 Å². The lowest BCUT2D eigenvalue weighted by Crippen LogP contribution is -2.27. The van der Waals surface area contributed by atoms with Gasteiger partial charge >= 0.3 is 6.09 Å². The molecule has 0 atom stereocenters. The van der Waals surface area contributed by atoms with E-state index < -0.39 is 11.7 Å². The van der Waals surface area contributed by atoms with Crippen LogP contribution in [0.4, 0.5) is 9.93 Å². The average Bonchev–Trinajstić information content (AvgIpc) is 2.83. The number of aromatic nitrogens is 4. The quantitative estimate of drug-likeness (QED) is 0.921. The third-order valence-electron chi connectivity index (χ3n) is 2.37. The molecular weight excluding hydrogens is 278 g/mol. The van der Waals surface area contributed by atoms with Crippen LogP contribution in [0, 0.1) is 6.92 Å². The van der Waals surface area contributed by atoms with E-state index in [1.807, 2.05) is 18.5 Å². The molecule has 0 fully saturated rings. The maximum atomic E-state index is 11.6. The molecule has 0 aliphatic carbocycles. The van der Waals surface area contributed by atoms with E-state index >= 15 is 0 Å². The van der Waals surface area contributed by atoms with Crippen molar-refractivity contribution in [3.8, 4) is 11.5 Å². The van der Waals surface area contributed by atoms with Crippen LogP contribution in [0.2, 0.25) is 0 Å². The summed E-state index contributed by atoms with van der Waals surface area (Å²) >= 11 is 1.11. The van der Waals surface area contributed by atoms with Crippen molar-refractivity contribution in [2.45, 2.75) is 33.3 Å². The molecule has 2 aromatic heterocycles. The molecule has 0 saturated carbocycles. The molecule has 2 heterocycles. The first-order chi connectivity index (χ1) is 9.26. The molecule has 7 nitrogen and oxygen atoms in total. The van der Waals surface area contributed by atoms with Gasteiger partial charge in [0.05, 0.1) is 12.0 Å². The fourth-order valence-corrected chi connectivity index (χ4v) is 2.18. The zero-order chi connectivity index (χ0) is 14.9. The van der Waals surface area contributed by atoms with Crippen molar-refractivity contribution < 1.29 is 9.53 Å². The summed E-state index contributed by atoms with van der Waals surface area (Å²) in [5.74, 6) is 0.540. The fourth-order valence-electron chi connectivity index (χ4n) is 1.63. The van der Waals surface area contributed by atoms with Crippen LogP contribution in [0.25, 0.3) is 11.5 Å². The van der Waals surface area contributed by atoms with E-state index in [9.17, 15) is 4.79 Å². The topological polar surface area (TPSA) is 81.9 Å². The van der Waals surface area contributed by atoms with Gasteiger partial charge in [0.25, 0.3) is 0 Å². The van der Waals surface area contributed by atoms with Crippen LogP contribution < -0.4 is 5.32 Å². The van der Waals surface area contributed by atoms with Crippen LogP contribution in [-0.2, 0) is 11.8 Å². The Morgan fingerprint density at radius 3 is 2.70 bits per heavy atom. The van der Waals surface area contributed by atoms with E-state index in [4.69, 9.17) is 4.74 Å². The Morgan fingerprint density at radius 2 is 2.15 bits per heavy atom. The minimum Gasteiger partial charge on any atom is -0.444 e. The molecule has 20 heavy (non-hydrogen) atoms. The molecule has 0 bridgehead atoms. The summed E-state index contributed by atoms with van der Waals surface area (Å²) in [5, 5.41) is 2.97. The Hall–Kier alpha value is -1.96. The predicted octanol–water partition coefficient (Wildman–Crippen LogP) is 2.59. The van der Waals surface area contributed by atoms with Crippen LogP contribution in [0.3, 0.4) is 0 Å². The number of nitrogens with zero attached hydrogens (tertiary/aromatic N) is 4. The van der Waals surface area contributed by atoms with E-state index in [2.05, 4.69) is 19.7 Å². The molecule has 0 aliphatic heterocycles. The fraction of sp³-hybridized carbons (Fsp3) is 0.500. The van der Waals surface area contributed by atoms with Gasteiger partial charge in [-0.05, 0) is 27.7 Å². The van der Waals surface area contributed by atoms with Crippen LogP contribution in [-0.4, -0.2) is 30.6 Å². The molecule has 0 aromatic carbocycles. The maximum absolute atomic E-state index is 11.6. The van der Waals surface area contributed by atoms with E-state index in [1.54, 1.807) is 27.1 Å². The molecule has 0 saturated heterocycles. The molecule has 2 aromatic rings. The van der Waals surface area contributed by atoms with Crippen molar-refractivity contribution >= 4 is 22.8 Å². The van der Waals surface area contributed by atoms with Gasteiger partial charge in [0.15, 0.2) is 5.82 Å². The molecule has 0 radical (unpaired) electrons. The van der Waals surface area contributed by atoms with E-state index in [-0.39, 0.29) is 0 Å². The van der Waals surface area contributed by atoms with Gasteiger partial charge in [0.2, 0.25) is 5.13 Å². The maximum Gasteiger partial charge on any atom is 0.414 e. The second kappa shape index (κ2) is 5.20. The number of hydrogen-bond acceptors (Lipinski definition) is 6. The number of hydrogen-bond donors (Lipinski definition) is 1. The number of carbonyl (C=O) groups excluding carboxylic acids is 1. The lowest BCUT2D eigenvalue weighted by molar-refractivity contribution is 0.0636. The predicted molar refractivity (Wildman–Crippen MR) is 76.7 cm³/mol. The normalized spacial score (nSPS) is 11.4. The lowest BCUT2D eigenvalue weighted by atomic mass is 10.2. The minimum absolute atomic E-state index is 0.398. The van der Waals surface area contributed by atoms with Crippen molar-refractivity contribution in [1.82, 2.24) is 18.9 Å². The van der Waals surface area contributed by atoms with Gasteiger partial charge in [-0.1, -0.05) is 0 Å². The second-order valence-electron chi connectivity index (χ2n) is 5.34. The summed E-state index contributed by atoms with van der Waals surface area (Å²) in [6.07, 6.45) is 1.16. The first kappa shape index (κ1) is 14.4. The summed E-state index contributed by atoms with van der Waals surface area (Å²) in [6, 6.07) is 0. The summed E-state index contributed by atoms with van der Waals surface area (Å²) in [5.41, 5.74) is 1.13. The van der Waals surface area contributed by atoms with Crippen LogP contribution in [0.1, 0.15) is 26.5 Å². The zero-order valence-electron chi connectivity index (χ0n) is 12.1. The largest absolute Gasteiger partial charge is 0.444 e. The zero-order valence-corrected chi connectivity index (χ0v) is 12.9. The molecule has 108 valence electrons. The van der Waals surface area contributed by atoms with Gasteiger partial charge in [0, 0.05) is 18.6 Å². The highest BCUT2D eigenvalue weighted by Crippen LogP contribution is 2.23. The van der Waals surface area contributed by atoms with Crippen LogP contribution in [0.5, 0.6) is 0 Å². The standard InChI is InChI=1S/C12H17N5O2S/c1-7-8(17(5)6-13-7)9-14-10(20-16-9)15-11(18)19-12(2,3)4/h6H,1-5H3,(H,14,15,16,18). The van der Waals surface area contributed by atoms with Crippen molar-refractivity contribution in [2.24, 2.45) is 7.05 Å². The number of carbonyl (C=O) groups is 1. The third kappa shape index (κ3) is 3.32. The number of aryl methyl sites for hydroxylation is 2. The summed E-state index contributed by atoms with van der Waals surface area (Å²) in [6.45, 7) is 7.29. The highest BCUT2D eigenvalue weighted by Gasteiger charge is 2.19. The Morgan fingerprint density at radius 1 is 1.45 bits per heavy atom.